The zero-order valence-electron chi connectivity index (χ0n) is 12.8. The van der Waals surface area contributed by atoms with E-state index in [-0.39, 0.29) is 6.61 Å². The molecule has 0 aliphatic heterocycles. The van der Waals surface area contributed by atoms with E-state index in [4.69, 9.17) is 21.1 Å². The number of benzene rings is 1. The first kappa shape index (κ1) is 18.6. The number of ether oxygens (including phenoxy) is 2. The van der Waals surface area contributed by atoms with Crippen molar-refractivity contribution in [1.82, 2.24) is 10.9 Å². The van der Waals surface area contributed by atoms with Gasteiger partial charge in [-0.1, -0.05) is 27.5 Å². The molecule has 2 N–H and O–H groups in total. The van der Waals surface area contributed by atoms with Crippen LogP contribution in [0.4, 0.5) is 4.79 Å². The van der Waals surface area contributed by atoms with E-state index >= 15 is 0 Å². The Morgan fingerprint density at radius 1 is 1.27 bits per heavy atom. The summed E-state index contributed by atoms with van der Waals surface area (Å²) >= 11 is 9.35. The van der Waals surface area contributed by atoms with Crippen LogP contribution in [0.3, 0.4) is 0 Å². The molecule has 0 saturated heterocycles. The fourth-order valence-corrected chi connectivity index (χ4v) is 2.50. The number of carbonyl (C=O) groups is 2. The first-order chi connectivity index (χ1) is 10.1. The molecule has 22 heavy (non-hydrogen) atoms. The normalized spacial score (nSPS) is 10.8. The lowest BCUT2D eigenvalue weighted by Gasteiger charge is -2.19. The molecule has 0 aliphatic rings. The van der Waals surface area contributed by atoms with Gasteiger partial charge in [-0.2, -0.15) is 0 Å². The van der Waals surface area contributed by atoms with Crippen molar-refractivity contribution in [1.29, 1.82) is 0 Å². The van der Waals surface area contributed by atoms with Crippen molar-refractivity contribution in [3.05, 3.63) is 27.2 Å². The van der Waals surface area contributed by atoms with Crippen molar-refractivity contribution < 1.29 is 19.1 Å². The van der Waals surface area contributed by atoms with Crippen LogP contribution in [0, 0.1) is 6.92 Å². The van der Waals surface area contributed by atoms with Gasteiger partial charge in [-0.3, -0.25) is 10.2 Å². The Morgan fingerprint density at radius 2 is 1.91 bits per heavy atom. The second-order valence-electron chi connectivity index (χ2n) is 5.50. The zero-order valence-corrected chi connectivity index (χ0v) is 15.1. The van der Waals surface area contributed by atoms with E-state index in [9.17, 15) is 9.59 Å². The summed E-state index contributed by atoms with van der Waals surface area (Å²) in [6, 6.07) is 3.48. The van der Waals surface area contributed by atoms with E-state index in [1.165, 1.54) is 0 Å². The summed E-state index contributed by atoms with van der Waals surface area (Å²) in [5.74, 6) is -0.124. The van der Waals surface area contributed by atoms with Gasteiger partial charge in [0.15, 0.2) is 6.61 Å². The first-order valence-corrected chi connectivity index (χ1v) is 7.62. The van der Waals surface area contributed by atoms with Gasteiger partial charge in [0.05, 0.1) is 5.02 Å². The summed E-state index contributed by atoms with van der Waals surface area (Å²) < 4.78 is 11.1. The molecule has 0 atom stereocenters. The Bertz CT molecular complexity index is 549. The molecule has 1 aromatic rings. The maximum absolute atomic E-state index is 11.6. The van der Waals surface area contributed by atoms with E-state index in [1.807, 2.05) is 13.0 Å². The quantitative estimate of drug-likeness (QED) is 0.772. The minimum Gasteiger partial charge on any atom is -0.482 e. The number of aryl methyl sites for hydroxylation is 1. The predicted molar refractivity (Wildman–Crippen MR) is 86.9 cm³/mol. The summed E-state index contributed by atoms with van der Waals surface area (Å²) in [5, 5.41) is 0.389. The molecule has 1 aromatic carbocycles. The van der Waals surface area contributed by atoms with Crippen molar-refractivity contribution in [3.8, 4) is 5.75 Å². The van der Waals surface area contributed by atoms with Crippen LogP contribution in [0.15, 0.2) is 16.6 Å². The Labute approximate surface area is 142 Å². The molecule has 0 saturated carbocycles. The lowest BCUT2D eigenvalue weighted by molar-refractivity contribution is -0.124. The van der Waals surface area contributed by atoms with Crippen LogP contribution >= 0.6 is 27.5 Å². The number of halogens is 2. The van der Waals surface area contributed by atoms with Crippen LogP contribution in [0.5, 0.6) is 5.75 Å². The van der Waals surface area contributed by atoms with Crippen molar-refractivity contribution >= 4 is 39.5 Å². The third kappa shape index (κ3) is 6.53. The molecule has 0 bridgehead atoms. The summed E-state index contributed by atoms with van der Waals surface area (Å²) in [7, 11) is 0. The van der Waals surface area contributed by atoms with Gasteiger partial charge in [0, 0.05) is 4.47 Å². The fourth-order valence-electron chi connectivity index (χ4n) is 1.47. The number of nitrogens with one attached hydrogen (secondary N) is 2. The zero-order chi connectivity index (χ0) is 16.9. The van der Waals surface area contributed by atoms with Crippen molar-refractivity contribution in [2.45, 2.75) is 33.3 Å². The lowest BCUT2D eigenvalue weighted by Crippen LogP contribution is -2.46. The highest BCUT2D eigenvalue weighted by Gasteiger charge is 2.16. The Hall–Kier alpha value is -1.47. The fraction of sp³-hybridized carbons (Fsp3) is 0.429. The van der Waals surface area contributed by atoms with Gasteiger partial charge in [0.1, 0.15) is 11.4 Å². The minimum atomic E-state index is -0.751. The molecule has 1 rings (SSSR count). The number of amides is 2. The summed E-state index contributed by atoms with van der Waals surface area (Å²) in [6.45, 7) is 6.67. The molecule has 2 amide bonds. The van der Waals surface area contributed by atoms with E-state index in [2.05, 4.69) is 26.8 Å². The first-order valence-electron chi connectivity index (χ1n) is 6.45. The van der Waals surface area contributed by atoms with Crippen LogP contribution in [0.1, 0.15) is 26.3 Å². The molecule has 6 nitrogen and oxygen atoms in total. The number of hydrogen-bond donors (Lipinski definition) is 2. The molecule has 0 aromatic heterocycles. The number of hydrazine groups is 1. The Morgan fingerprint density at radius 3 is 2.45 bits per heavy atom. The molecule has 0 fully saturated rings. The van der Waals surface area contributed by atoms with Crippen molar-refractivity contribution in [2.75, 3.05) is 6.61 Å². The van der Waals surface area contributed by atoms with Gasteiger partial charge < -0.3 is 9.47 Å². The van der Waals surface area contributed by atoms with Crippen LogP contribution in [-0.4, -0.2) is 24.2 Å². The summed E-state index contributed by atoms with van der Waals surface area (Å²) in [4.78, 5) is 23.0. The highest BCUT2D eigenvalue weighted by atomic mass is 79.9. The molecule has 122 valence electrons. The predicted octanol–water partition coefficient (Wildman–Crippen LogP) is 3.35. The van der Waals surface area contributed by atoms with Gasteiger partial charge in [0.25, 0.3) is 5.91 Å². The molecule has 8 heteroatoms. The Kier molecular flexibility index (Phi) is 6.49. The third-order valence-corrected chi connectivity index (χ3v) is 2.98. The van der Waals surface area contributed by atoms with Crippen LogP contribution < -0.4 is 15.6 Å². The van der Waals surface area contributed by atoms with Crippen molar-refractivity contribution in [3.63, 3.8) is 0 Å². The number of carbonyl (C=O) groups excluding carboxylic acids is 2. The van der Waals surface area contributed by atoms with Crippen LogP contribution in [-0.2, 0) is 9.53 Å². The molecule has 0 aliphatic carbocycles. The maximum atomic E-state index is 11.6. The van der Waals surface area contributed by atoms with Crippen LogP contribution in [0.2, 0.25) is 5.02 Å². The molecular formula is C14H18BrClN2O4. The topological polar surface area (TPSA) is 76.7 Å². The summed E-state index contributed by atoms with van der Waals surface area (Å²) in [6.07, 6.45) is -0.751. The largest absolute Gasteiger partial charge is 0.482 e. The Balaban J connectivity index is 2.46. The lowest BCUT2D eigenvalue weighted by atomic mass is 10.2. The van der Waals surface area contributed by atoms with E-state index in [1.54, 1.807) is 26.8 Å². The highest BCUT2D eigenvalue weighted by molar-refractivity contribution is 9.10. The third-order valence-electron chi connectivity index (χ3n) is 2.24. The summed E-state index contributed by atoms with van der Waals surface area (Å²) in [5.41, 5.74) is 4.46. The van der Waals surface area contributed by atoms with Gasteiger partial charge in [0.2, 0.25) is 0 Å². The van der Waals surface area contributed by atoms with Gasteiger partial charge in [-0.05, 0) is 45.4 Å². The number of hydrogen-bond acceptors (Lipinski definition) is 4. The average molecular weight is 394 g/mol. The van der Waals surface area contributed by atoms with Gasteiger partial charge in [-0.15, -0.1) is 0 Å². The van der Waals surface area contributed by atoms with E-state index in [0.717, 1.165) is 10.0 Å². The highest BCUT2D eigenvalue weighted by Crippen LogP contribution is 2.31. The second-order valence-corrected chi connectivity index (χ2v) is 6.82. The standard InChI is InChI=1S/C14H18BrClN2O4/c1-8-5-9(15)6-10(16)12(8)21-7-11(19)17-18-13(20)22-14(2,3)4/h5-6H,7H2,1-4H3,(H,17,19)(H,18,20). The number of rotatable bonds is 3. The minimum absolute atomic E-state index is 0.294. The smallest absolute Gasteiger partial charge is 0.426 e. The monoisotopic (exact) mass is 392 g/mol. The second kappa shape index (κ2) is 7.69. The molecule has 0 radical (unpaired) electrons. The van der Waals surface area contributed by atoms with E-state index in [0.29, 0.717) is 10.8 Å². The molecule has 0 unspecified atom stereocenters. The molecule has 0 spiro atoms. The van der Waals surface area contributed by atoms with Gasteiger partial charge >= 0.3 is 6.09 Å². The van der Waals surface area contributed by atoms with Crippen LogP contribution in [0.25, 0.3) is 0 Å². The van der Waals surface area contributed by atoms with Crippen molar-refractivity contribution in [2.24, 2.45) is 0 Å². The molecular weight excluding hydrogens is 376 g/mol. The van der Waals surface area contributed by atoms with E-state index < -0.39 is 17.6 Å². The molecule has 0 heterocycles. The van der Waals surface area contributed by atoms with Gasteiger partial charge in [-0.25, -0.2) is 10.2 Å². The average Bonchev–Trinajstić information content (AvgIpc) is 2.32. The maximum Gasteiger partial charge on any atom is 0.426 e. The SMILES string of the molecule is Cc1cc(Br)cc(Cl)c1OCC(=O)NNC(=O)OC(C)(C)C.